The third-order valence-electron chi connectivity index (χ3n) is 4.82. The first-order valence-electron chi connectivity index (χ1n) is 8.26. The zero-order valence-corrected chi connectivity index (χ0v) is 14.7. The van der Waals surface area contributed by atoms with Gasteiger partial charge in [0.05, 0.1) is 19.8 Å². The summed E-state index contributed by atoms with van der Waals surface area (Å²) in [5, 5.41) is 0. The molecule has 22 heavy (non-hydrogen) atoms. The minimum absolute atomic E-state index is 0.316. The van der Waals surface area contributed by atoms with Gasteiger partial charge in [-0.3, -0.25) is 4.90 Å². The number of methoxy groups -OCH3 is 1. The molecule has 0 bridgehead atoms. The number of ether oxygens (including phenoxy) is 2. The Morgan fingerprint density at radius 3 is 2.91 bits per heavy atom. The zero-order valence-electron chi connectivity index (χ0n) is 13.8. The molecule has 2 fully saturated rings. The average Bonchev–Trinajstić information content (AvgIpc) is 3.02. The summed E-state index contributed by atoms with van der Waals surface area (Å²) in [4.78, 5) is 8.01. The van der Waals surface area contributed by atoms with Crippen LogP contribution in [0.25, 0.3) is 0 Å². The van der Waals surface area contributed by atoms with Crippen LogP contribution in [0.2, 0.25) is 0 Å². The molecule has 3 rings (SSSR count). The summed E-state index contributed by atoms with van der Waals surface area (Å²) in [5.74, 6) is 0. The Hall–Kier alpha value is -0.460. The van der Waals surface area contributed by atoms with E-state index in [1.165, 1.54) is 22.7 Å². The van der Waals surface area contributed by atoms with Crippen LogP contribution in [0.15, 0.2) is 12.1 Å². The van der Waals surface area contributed by atoms with Gasteiger partial charge in [0.1, 0.15) is 0 Å². The fourth-order valence-electron chi connectivity index (χ4n) is 3.69. The van der Waals surface area contributed by atoms with Gasteiger partial charge >= 0.3 is 0 Å². The Kier molecular flexibility index (Phi) is 5.52. The monoisotopic (exact) mass is 324 g/mol. The summed E-state index contributed by atoms with van der Waals surface area (Å²) < 4.78 is 11.2. The molecule has 1 aromatic rings. The summed E-state index contributed by atoms with van der Waals surface area (Å²) in [6, 6.07) is 4.50. The molecule has 5 heteroatoms. The fourth-order valence-corrected chi connectivity index (χ4v) is 4.63. The number of hydrogen-bond acceptors (Lipinski definition) is 5. The van der Waals surface area contributed by atoms with Crippen LogP contribution >= 0.6 is 11.3 Å². The molecule has 0 amide bonds. The van der Waals surface area contributed by atoms with Gasteiger partial charge < -0.3 is 14.4 Å². The van der Waals surface area contributed by atoms with Crippen LogP contribution in [0.1, 0.15) is 16.2 Å². The van der Waals surface area contributed by atoms with Crippen molar-refractivity contribution in [2.75, 3.05) is 59.7 Å². The summed E-state index contributed by atoms with van der Waals surface area (Å²) in [6.07, 6.45) is 1.25. The van der Waals surface area contributed by atoms with Crippen molar-refractivity contribution < 1.29 is 9.47 Å². The van der Waals surface area contributed by atoms with Crippen LogP contribution in [-0.2, 0) is 16.0 Å². The van der Waals surface area contributed by atoms with Gasteiger partial charge in [-0.2, -0.15) is 0 Å². The Morgan fingerprint density at radius 1 is 1.27 bits per heavy atom. The van der Waals surface area contributed by atoms with Crippen molar-refractivity contribution in [1.29, 1.82) is 0 Å². The van der Waals surface area contributed by atoms with Crippen molar-refractivity contribution in [3.05, 3.63) is 21.9 Å². The van der Waals surface area contributed by atoms with Gasteiger partial charge in [-0.15, -0.1) is 11.3 Å². The van der Waals surface area contributed by atoms with E-state index in [2.05, 4.69) is 28.9 Å². The van der Waals surface area contributed by atoms with Gasteiger partial charge in [0.2, 0.25) is 0 Å². The van der Waals surface area contributed by atoms with E-state index >= 15 is 0 Å². The Labute approximate surface area is 138 Å². The number of aryl methyl sites for hydroxylation is 1. The van der Waals surface area contributed by atoms with E-state index < -0.39 is 0 Å². The maximum Gasteiger partial charge on any atom is 0.0593 e. The van der Waals surface area contributed by atoms with Crippen LogP contribution in [0.3, 0.4) is 0 Å². The lowest BCUT2D eigenvalue weighted by atomic mass is 9.87. The van der Waals surface area contributed by atoms with Crippen molar-refractivity contribution in [3.63, 3.8) is 0 Å². The summed E-state index contributed by atoms with van der Waals surface area (Å²) in [6.45, 7) is 11.4. The molecule has 1 atom stereocenters. The van der Waals surface area contributed by atoms with Gasteiger partial charge in [0.25, 0.3) is 0 Å². The van der Waals surface area contributed by atoms with Crippen molar-refractivity contribution >= 4 is 11.3 Å². The SMILES string of the molecule is COCCN1CC[C@@]2(COCCN(Cc3ccc(C)s3)C2)C1. The normalized spacial score (nSPS) is 27.5. The summed E-state index contributed by atoms with van der Waals surface area (Å²) in [5.41, 5.74) is 0.316. The fraction of sp³-hybridized carbons (Fsp3) is 0.765. The zero-order chi connectivity index (χ0) is 15.4. The average molecular weight is 324 g/mol. The third kappa shape index (κ3) is 4.09. The summed E-state index contributed by atoms with van der Waals surface area (Å²) in [7, 11) is 1.78. The minimum atomic E-state index is 0.316. The molecule has 0 unspecified atom stereocenters. The number of likely N-dealkylation sites (tertiary alicyclic amines) is 1. The van der Waals surface area contributed by atoms with Crippen LogP contribution in [-0.4, -0.2) is 69.5 Å². The van der Waals surface area contributed by atoms with Gasteiger partial charge in [0.15, 0.2) is 0 Å². The van der Waals surface area contributed by atoms with Crippen molar-refractivity contribution in [2.24, 2.45) is 5.41 Å². The molecule has 2 aliphatic heterocycles. The topological polar surface area (TPSA) is 24.9 Å². The first kappa shape index (κ1) is 16.4. The quantitative estimate of drug-likeness (QED) is 0.829. The molecular formula is C17H28N2O2S. The lowest BCUT2D eigenvalue weighted by Gasteiger charge is -2.31. The van der Waals surface area contributed by atoms with Crippen molar-refractivity contribution in [3.8, 4) is 0 Å². The largest absolute Gasteiger partial charge is 0.383 e. The van der Waals surface area contributed by atoms with E-state index in [1.807, 2.05) is 11.3 Å². The third-order valence-corrected chi connectivity index (χ3v) is 5.81. The Bertz CT molecular complexity index is 479. The smallest absolute Gasteiger partial charge is 0.0593 e. The lowest BCUT2D eigenvalue weighted by Crippen LogP contribution is -2.40. The highest BCUT2D eigenvalue weighted by Crippen LogP contribution is 2.34. The first-order valence-corrected chi connectivity index (χ1v) is 9.07. The summed E-state index contributed by atoms with van der Waals surface area (Å²) >= 11 is 1.92. The molecule has 2 saturated heterocycles. The van der Waals surface area contributed by atoms with E-state index in [9.17, 15) is 0 Å². The van der Waals surface area contributed by atoms with Crippen molar-refractivity contribution in [2.45, 2.75) is 19.9 Å². The molecule has 3 heterocycles. The number of hydrogen-bond donors (Lipinski definition) is 0. The Balaban J connectivity index is 1.60. The van der Waals surface area contributed by atoms with E-state index in [0.717, 1.165) is 52.5 Å². The second-order valence-corrected chi connectivity index (χ2v) is 8.17. The number of nitrogens with zero attached hydrogens (tertiary/aromatic N) is 2. The van der Waals surface area contributed by atoms with Crippen molar-refractivity contribution in [1.82, 2.24) is 9.80 Å². The predicted molar refractivity (Wildman–Crippen MR) is 90.5 cm³/mol. The Morgan fingerprint density at radius 2 is 2.14 bits per heavy atom. The van der Waals surface area contributed by atoms with Crippen LogP contribution in [0.4, 0.5) is 0 Å². The second kappa shape index (κ2) is 7.41. The number of rotatable bonds is 5. The van der Waals surface area contributed by atoms with Gasteiger partial charge in [-0.25, -0.2) is 0 Å². The molecule has 0 aromatic carbocycles. The molecule has 4 nitrogen and oxygen atoms in total. The standard InChI is InChI=1S/C17H28N2O2S/c1-15-3-4-16(22-15)11-19-8-10-21-14-17(13-19)5-6-18(12-17)7-9-20-2/h3-4H,5-14H2,1-2H3/t17-/m1/s1. The van der Waals surface area contributed by atoms with E-state index in [4.69, 9.17) is 9.47 Å². The maximum atomic E-state index is 5.96. The molecule has 1 aromatic heterocycles. The van der Waals surface area contributed by atoms with Crippen LogP contribution < -0.4 is 0 Å². The molecule has 2 aliphatic rings. The van der Waals surface area contributed by atoms with Gasteiger partial charge in [0, 0.05) is 55.0 Å². The molecule has 0 N–H and O–H groups in total. The molecule has 0 radical (unpaired) electrons. The highest BCUT2D eigenvalue weighted by molar-refractivity contribution is 7.11. The molecule has 124 valence electrons. The maximum absolute atomic E-state index is 5.96. The van der Waals surface area contributed by atoms with Gasteiger partial charge in [-0.05, 0) is 32.0 Å². The highest BCUT2D eigenvalue weighted by Gasteiger charge is 2.40. The molecular weight excluding hydrogens is 296 g/mol. The van der Waals surface area contributed by atoms with Crippen LogP contribution in [0.5, 0.6) is 0 Å². The van der Waals surface area contributed by atoms with Gasteiger partial charge in [-0.1, -0.05) is 0 Å². The van der Waals surface area contributed by atoms with E-state index in [1.54, 1.807) is 7.11 Å². The second-order valence-electron chi connectivity index (χ2n) is 6.79. The predicted octanol–water partition coefficient (Wildman–Crippen LogP) is 2.23. The van der Waals surface area contributed by atoms with Crippen LogP contribution in [0, 0.1) is 12.3 Å². The van der Waals surface area contributed by atoms with E-state index in [-0.39, 0.29) is 0 Å². The first-order chi connectivity index (χ1) is 10.7. The number of thiophene rings is 1. The molecule has 1 spiro atoms. The van der Waals surface area contributed by atoms with E-state index in [0.29, 0.717) is 5.41 Å². The minimum Gasteiger partial charge on any atom is -0.383 e. The molecule has 0 saturated carbocycles. The molecule has 0 aliphatic carbocycles. The highest BCUT2D eigenvalue weighted by atomic mass is 32.1. The lowest BCUT2D eigenvalue weighted by molar-refractivity contribution is 0.0682.